The number of azo groups is 1. The summed E-state index contributed by atoms with van der Waals surface area (Å²) in [5.41, 5.74) is 1.98. The molecule has 0 saturated heterocycles. The minimum absolute atomic E-state index is 0.195. The number of aromatic hydroxyl groups is 1. The van der Waals surface area contributed by atoms with Crippen LogP contribution in [0.15, 0.2) is 61.9 Å². The molecule has 22 heavy (non-hydrogen) atoms. The first-order valence-corrected chi connectivity index (χ1v) is 6.80. The number of fused-ring (bicyclic) bond motifs is 1. The quantitative estimate of drug-likeness (QED) is 0.557. The molecule has 0 bridgehead atoms. The first-order chi connectivity index (χ1) is 10.6. The van der Waals surface area contributed by atoms with Crippen molar-refractivity contribution in [3.05, 3.63) is 64.0 Å². The number of rotatable bonds is 2. The number of hydrogen-bond donors (Lipinski definition) is 1. The number of aryl methyl sites for hydroxylation is 2. The maximum Gasteiger partial charge on any atom is 0.368 e. The maximum absolute atomic E-state index is 12.0. The zero-order chi connectivity index (χ0) is 15.7. The van der Waals surface area contributed by atoms with E-state index in [2.05, 4.69) is 10.2 Å². The summed E-state index contributed by atoms with van der Waals surface area (Å²) in [5.74, 6) is -0.214. The summed E-state index contributed by atoms with van der Waals surface area (Å²) >= 11 is 0. The molecule has 0 aliphatic rings. The zero-order valence-corrected chi connectivity index (χ0v) is 12.2. The van der Waals surface area contributed by atoms with E-state index < -0.39 is 5.63 Å². The van der Waals surface area contributed by atoms with E-state index in [1.807, 2.05) is 32.0 Å². The van der Waals surface area contributed by atoms with Crippen LogP contribution >= 0.6 is 0 Å². The molecule has 0 fully saturated rings. The molecule has 0 unspecified atom stereocenters. The number of nitrogens with zero attached hydrogens (tertiary/aromatic N) is 2. The van der Waals surface area contributed by atoms with E-state index in [9.17, 15) is 9.90 Å². The maximum atomic E-state index is 12.0. The van der Waals surface area contributed by atoms with Crippen molar-refractivity contribution in [2.24, 2.45) is 10.2 Å². The van der Waals surface area contributed by atoms with Crippen molar-refractivity contribution in [3.8, 4) is 5.75 Å². The first-order valence-electron chi connectivity index (χ1n) is 6.80. The topological polar surface area (TPSA) is 75.2 Å². The summed E-state index contributed by atoms with van der Waals surface area (Å²) in [5, 5.41) is 18.6. The normalized spacial score (nSPS) is 11.4. The van der Waals surface area contributed by atoms with Gasteiger partial charge in [-0.3, -0.25) is 0 Å². The van der Waals surface area contributed by atoms with Gasteiger partial charge in [0, 0.05) is 0 Å². The van der Waals surface area contributed by atoms with Gasteiger partial charge in [0.2, 0.25) is 5.69 Å². The SMILES string of the molecule is Cc1cc2oc(=O)c(N=Nc3ccccc3)c(O)c2cc1C. The third-order valence-corrected chi connectivity index (χ3v) is 3.49. The van der Waals surface area contributed by atoms with Crippen LogP contribution in [0.1, 0.15) is 11.1 Å². The van der Waals surface area contributed by atoms with E-state index in [1.54, 1.807) is 24.3 Å². The Bertz CT molecular complexity index is 928. The molecule has 1 aromatic heterocycles. The lowest BCUT2D eigenvalue weighted by molar-refractivity contribution is 0.469. The van der Waals surface area contributed by atoms with Gasteiger partial charge in [0.15, 0.2) is 5.75 Å². The van der Waals surface area contributed by atoms with Gasteiger partial charge in [-0.25, -0.2) is 4.79 Å². The Morgan fingerprint density at radius 3 is 2.41 bits per heavy atom. The Morgan fingerprint density at radius 2 is 1.68 bits per heavy atom. The fourth-order valence-corrected chi connectivity index (χ4v) is 2.12. The summed E-state index contributed by atoms with van der Waals surface area (Å²) in [6.07, 6.45) is 0. The molecule has 3 aromatic rings. The minimum atomic E-state index is -0.715. The van der Waals surface area contributed by atoms with Crippen molar-refractivity contribution in [2.75, 3.05) is 0 Å². The molecule has 2 aromatic carbocycles. The second kappa shape index (κ2) is 5.44. The summed E-state index contributed by atoms with van der Waals surface area (Å²) < 4.78 is 5.23. The van der Waals surface area contributed by atoms with Gasteiger partial charge in [0.1, 0.15) is 5.58 Å². The number of benzene rings is 2. The molecule has 0 atom stereocenters. The molecule has 0 saturated carbocycles. The minimum Gasteiger partial charge on any atom is -0.505 e. The largest absolute Gasteiger partial charge is 0.505 e. The summed E-state index contributed by atoms with van der Waals surface area (Å²) in [7, 11) is 0. The van der Waals surface area contributed by atoms with Crippen molar-refractivity contribution in [1.29, 1.82) is 0 Å². The van der Waals surface area contributed by atoms with Crippen LogP contribution in [0.3, 0.4) is 0 Å². The summed E-state index contributed by atoms with van der Waals surface area (Å²) in [6.45, 7) is 3.83. The molecule has 0 spiro atoms. The smallest absolute Gasteiger partial charge is 0.368 e. The van der Waals surface area contributed by atoms with Gasteiger partial charge < -0.3 is 9.52 Å². The lowest BCUT2D eigenvalue weighted by Gasteiger charge is -2.05. The van der Waals surface area contributed by atoms with E-state index in [-0.39, 0.29) is 11.4 Å². The van der Waals surface area contributed by atoms with Crippen molar-refractivity contribution >= 4 is 22.3 Å². The van der Waals surface area contributed by atoms with Crippen LogP contribution in [-0.2, 0) is 0 Å². The van der Waals surface area contributed by atoms with E-state index >= 15 is 0 Å². The van der Waals surface area contributed by atoms with Gasteiger partial charge in [-0.15, -0.1) is 5.11 Å². The predicted molar refractivity (Wildman–Crippen MR) is 84.2 cm³/mol. The molecule has 1 heterocycles. The lowest BCUT2D eigenvalue weighted by atomic mass is 10.1. The van der Waals surface area contributed by atoms with Crippen LogP contribution < -0.4 is 5.63 Å². The molecule has 110 valence electrons. The van der Waals surface area contributed by atoms with Crippen LogP contribution in [0, 0.1) is 13.8 Å². The van der Waals surface area contributed by atoms with Crippen LogP contribution in [0.2, 0.25) is 0 Å². The van der Waals surface area contributed by atoms with Gasteiger partial charge in [-0.05, 0) is 49.2 Å². The van der Waals surface area contributed by atoms with Gasteiger partial charge in [-0.2, -0.15) is 5.11 Å². The van der Waals surface area contributed by atoms with E-state index in [0.717, 1.165) is 11.1 Å². The third kappa shape index (κ3) is 2.48. The average Bonchev–Trinajstić information content (AvgIpc) is 2.50. The van der Waals surface area contributed by atoms with Crippen molar-refractivity contribution in [3.63, 3.8) is 0 Å². The molecule has 0 amide bonds. The second-order valence-electron chi connectivity index (χ2n) is 5.05. The van der Waals surface area contributed by atoms with E-state index in [1.165, 1.54) is 0 Å². The first kappa shape index (κ1) is 14.0. The highest BCUT2D eigenvalue weighted by Gasteiger charge is 2.14. The molecular formula is C17H14N2O3. The van der Waals surface area contributed by atoms with Gasteiger partial charge in [0.05, 0.1) is 11.1 Å². The lowest BCUT2D eigenvalue weighted by Crippen LogP contribution is -1.99. The molecule has 0 radical (unpaired) electrons. The molecule has 0 aliphatic carbocycles. The highest BCUT2D eigenvalue weighted by Crippen LogP contribution is 2.33. The van der Waals surface area contributed by atoms with Crippen LogP contribution in [0.4, 0.5) is 11.4 Å². The van der Waals surface area contributed by atoms with Gasteiger partial charge in [-0.1, -0.05) is 18.2 Å². The molecule has 3 rings (SSSR count). The van der Waals surface area contributed by atoms with Gasteiger partial charge >= 0.3 is 5.63 Å². The van der Waals surface area contributed by atoms with Crippen molar-refractivity contribution < 1.29 is 9.52 Å². The van der Waals surface area contributed by atoms with Crippen LogP contribution in [0.5, 0.6) is 5.75 Å². The Balaban J connectivity index is 2.16. The van der Waals surface area contributed by atoms with Gasteiger partial charge in [0.25, 0.3) is 0 Å². The molecule has 5 heteroatoms. The van der Waals surface area contributed by atoms with Crippen LogP contribution in [0.25, 0.3) is 11.0 Å². The Labute approximate surface area is 126 Å². The van der Waals surface area contributed by atoms with E-state index in [4.69, 9.17) is 4.42 Å². The summed E-state index contributed by atoms with van der Waals surface area (Å²) in [6, 6.07) is 12.5. The Hall–Kier alpha value is -2.95. The fraction of sp³-hybridized carbons (Fsp3) is 0.118. The number of hydrogen-bond acceptors (Lipinski definition) is 5. The predicted octanol–water partition coefficient (Wildman–Crippen LogP) is 4.53. The summed E-state index contributed by atoms with van der Waals surface area (Å²) in [4.78, 5) is 12.0. The third-order valence-electron chi connectivity index (χ3n) is 3.49. The van der Waals surface area contributed by atoms with E-state index in [0.29, 0.717) is 16.7 Å². The zero-order valence-electron chi connectivity index (χ0n) is 12.2. The highest BCUT2D eigenvalue weighted by molar-refractivity contribution is 5.88. The molecule has 1 N–H and O–H groups in total. The fourth-order valence-electron chi connectivity index (χ4n) is 2.12. The monoisotopic (exact) mass is 294 g/mol. The second-order valence-corrected chi connectivity index (χ2v) is 5.05. The highest BCUT2D eigenvalue weighted by atomic mass is 16.4. The Morgan fingerprint density at radius 1 is 1.00 bits per heavy atom. The average molecular weight is 294 g/mol. The van der Waals surface area contributed by atoms with Crippen molar-refractivity contribution in [1.82, 2.24) is 0 Å². The van der Waals surface area contributed by atoms with Crippen LogP contribution in [-0.4, -0.2) is 5.11 Å². The molecular weight excluding hydrogens is 280 g/mol. The standard InChI is InChI=1S/C17H14N2O3/c1-10-8-13-14(9-11(10)2)22-17(21)15(16(13)20)19-18-12-6-4-3-5-7-12/h3-9,20H,1-2H3. The molecule has 0 aliphatic heterocycles. The van der Waals surface area contributed by atoms with Crippen molar-refractivity contribution in [2.45, 2.75) is 13.8 Å². The Kier molecular flexibility index (Phi) is 3.47. The molecule has 5 nitrogen and oxygen atoms in total.